The second-order valence-electron chi connectivity index (χ2n) is 4.92. The molecule has 18 heavy (non-hydrogen) atoms. The highest BCUT2D eigenvalue weighted by Crippen LogP contribution is 2.55. The van der Waals surface area contributed by atoms with Crippen LogP contribution in [-0.4, -0.2) is 10.5 Å². The van der Waals surface area contributed by atoms with Crippen LogP contribution in [0.25, 0.3) is 0 Å². The van der Waals surface area contributed by atoms with Crippen LogP contribution in [0.15, 0.2) is 45.8 Å². The number of benzene rings is 1. The molecule has 0 saturated heterocycles. The monoisotopic (exact) mass is 278 g/mol. The number of fused-ring (bicyclic) bond motifs is 1. The molecule has 1 unspecified atom stereocenters. The van der Waals surface area contributed by atoms with Crippen molar-refractivity contribution in [1.82, 2.24) is 0 Å². The van der Waals surface area contributed by atoms with Crippen LogP contribution < -0.4 is 0 Å². The van der Waals surface area contributed by atoms with Crippen molar-refractivity contribution in [1.29, 1.82) is 0 Å². The van der Waals surface area contributed by atoms with E-state index in [-0.39, 0.29) is 10.5 Å². The average molecular weight is 279 g/mol. The van der Waals surface area contributed by atoms with Crippen LogP contribution in [0.5, 0.6) is 0 Å². The van der Waals surface area contributed by atoms with Gasteiger partial charge in [0.25, 0.3) is 0 Å². The van der Waals surface area contributed by atoms with Crippen molar-refractivity contribution < 1.29 is 4.79 Å². The van der Waals surface area contributed by atoms with Crippen LogP contribution in [-0.2, 0) is 4.79 Å². The van der Waals surface area contributed by atoms with Crippen LogP contribution >= 0.6 is 23.4 Å². The number of ketones is 1. The molecule has 1 aromatic carbocycles. The summed E-state index contributed by atoms with van der Waals surface area (Å²) in [5.41, 5.74) is 1.19. The lowest BCUT2D eigenvalue weighted by atomic mass is 9.78. The lowest BCUT2D eigenvalue weighted by Gasteiger charge is -2.41. The van der Waals surface area contributed by atoms with Gasteiger partial charge < -0.3 is 0 Å². The van der Waals surface area contributed by atoms with Gasteiger partial charge in [-0.2, -0.15) is 0 Å². The van der Waals surface area contributed by atoms with Crippen LogP contribution in [0.4, 0.5) is 0 Å². The fourth-order valence-electron chi connectivity index (χ4n) is 2.84. The van der Waals surface area contributed by atoms with Crippen molar-refractivity contribution >= 4 is 29.1 Å². The van der Waals surface area contributed by atoms with Gasteiger partial charge in [0.15, 0.2) is 5.78 Å². The Labute approximate surface area is 117 Å². The van der Waals surface area contributed by atoms with Crippen LogP contribution in [0.2, 0.25) is 0 Å². The Balaban J connectivity index is 1.94. The van der Waals surface area contributed by atoms with Crippen LogP contribution in [0, 0.1) is 0 Å². The Hall–Kier alpha value is -0.730. The summed E-state index contributed by atoms with van der Waals surface area (Å²) >= 11 is 7.81. The highest BCUT2D eigenvalue weighted by atomic mass is 35.5. The highest BCUT2D eigenvalue weighted by Gasteiger charge is 2.53. The molecule has 0 bridgehead atoms. The second kappa shape index (κ2) is 4.75. The maximum Gasteiger partial charge on any atom is 0.194 e. The summed E-state index contributed by atoms with van der Waals surface area (Å²) in [6.45, 7) is 0. The van der Waals surface area contributed by atoms with Crippen LogP contribution in [0.1, 0.15) is 32.1 Å². The predicted molar refractivity (Wildman–Crippen MR) is 76.0 cm³/mol. The molecule has 2 aliphatic rings. The molecule has 0 spiro atoms. The minimum Gasteiger partial charge on any atom is -0.291 e. The molecule has 1 atom stereocenters. The van der Waals surface area contributed by atoms with Crippen molar-refractivity contribution in [3.8, 4) is 0 Å². The number of halogens is 1. The number of Topliss-reactive ketones (excluding diaryl/α,β-unsaturated/α-hetero) is 1. The Kier molecular flexibility index (Phi) is 3.25. The number of allylic oxidation sites excluding steroid dienone is 1. The van der Waals surface area contributed by atoms with E-state index in [1.54, 1.807) is 11.8 Å². The normalized spacial score (nSPS) is 27.5. The standard InChI is InChI=1S/C15H15ClOS/c16-13-12-9-5-2-6-10-15(12,14(13)17)18-11-7-3-1-4-8-11/h1,3-4,7-8H,2,5-6,9-10H2. The van der Waals surface area contributed by atoms with E-state index in [9.17, 15) is 4.79 Å². The van der Waals surface area contributed by atoms with Gasteiger partial charge in [0.1, 0.15) is 4.75 Å². The SMILES string of the molecule is O=C1C(Cl)=C2CCCCCC12Sc1ccccc1. The molecule has 1 fully saturated rings. The number of rotatable bonds is 2. The summed E-state index contributed by atoms with van der Waals surface area (Å²) in [4.78, 5) is 13.4. The fourth-order valence-corrected chi connectivity index (χ4v) is 4.84. The minimum absolute atomic E-state index is 0.148. The molecule has 1 aromatic rings. The van der Waals surface area contributed by atoms with E-state index in [1.807, 2.05) is 18.2 Å². The molecular formula is C15H15ClOS. The molecule has 3 heteroatoms. The topological polar surface area (TPSA) is 17.1 Å². The minimum atomic E-state index is -0.338. The molecule has 1 nitrogen and oxygen atoms in total. The van der Waals surface area contributed by atoms with Gasteiger partial charge in [0.05, 0.1) is 5.03 Å². The molecule has 0 amide bonds. The number of carbonyl (C=O) groups excluding carboxylic acids is 1. The van der Waals surface area contributed by atoms with Crippen molar-refractivity contribution in [2.75, 3.05) is 0 Å². The Bertz CT molecular complexity index is 508. The van der Waals surface area contributed by atoms with Gasteiger partial charge in [-0.05, 0) is 37.0 Å². The van der Waals surface area contributed by atoms with Gasteiger partial charge in [0, 0.05) is 4.90 Å². The molecule has 0 N–H and O–H groups in total. The number of hydrogen-bond donors (Lipinski definition) is 0. The molecular weight excluding hydrogens is 264 g/mol. The molecule has 0 radical (unpaired) electrons. The lowest BCUT2D eigenvalue weighted by Crippen LogP contribution is -2.46. The van der Waals surface area contributed by atoms with E-state index in [4.69, 9.17) is 11.6 Å². The first-order valence-corrected chi connectivity index (χ1v) is 7.61. The van der Waals surface area contributed by atoms with Gasteiger partial charge >= 0.3 is 0 Å². The van der Waals surface area contributed by atoms with Crippen LogP contribution in [0.3, 0.4) is 0 Å². The Morgan fingerprint density at radius 1 is 1.11 bits per heavy atom. The second-order valence-corrected chi connectivity index (χ2v) is 6.67. The summed E-state index contributed by atoms with van der Waals surface area (Å²) < 4.78 is -0.338. The Morgan fingerprint density at radius 2 is 1.89 bits per heavy atom. The summed E-state index contributed by atoms with van der Waals surface area (Å²) in [5.74, 6) is 0.148. The third-order valence-electron chi connectivity index (χ3n) is 3.81. The van der Waals surface area contributed by atoms with Gasteiger partial charge in [-0.15, -0.1) is 11.8 Å². The van der Waals surface area contributed by atoms with Gasteiger partial charge in [-0.25, -0.2) is 0 Å². The molecule has 0 aliphatic heterocycles. The summed E-state index contributed by atoms with van der Waals surface area (Å²) in [7, 11) is 0. The first kappa shape index (κ1) is 12.3. The van der Waals surface area contributed by atoms with Gasteiger partial charge in [-0.3, -0.25) is 4.79 Å². The average Bonchev–Trinajstić information content (AvgIpc) is 2.60. The quantitative estimate of drug-likeness (QED) is 0.789. The number of thioether (sulfide) groups is 1. The van der Waals surface area contributed by atoms with E-state index < -0.39 is 0 Å². The zero-order chi connectivity index (χ0) is 12.6. The summed E-state index contributed by atoms with van der Waals surface area (Å²) in [6, 6.07) is 10.2. The third kappa shape index (κ3) is 1.83. The first-order chi connectivity index (χ1) is 8.74. The number of hydrogen-bond acceptors (Lipinski definition) is 2. The third-order valence-corrected chi connectivity index (χ3v) is 5.70. The predicted octanol–water partition coefficient (Wildman–Crippen LogP) is 4.56. The maximum atomic E-state index is 12.3. The molecule has 0 aromatic heterocycles. The Morgan fingerprint density at radius 3 is 2.67 bits per heavy atom. The maximum absolute atomic E-state index is 12.3. The smallest absolute Gasteiger partial charge is 0.194 e. The first-order valence-electron chi connectivity index (χ1n) is 6.42. The van der Waals surface area contributed by atoms with E-state index in [2.05, 4.69) is 12.1 Å². The van der Waals surface area contributed by atoms with Crippen molar-refractivity contribution in [3.63, 3.8) is 0 Å². The van der Waals surface area contributed by atoms with Crippen molar-refractivity contribution in [2.45, 2.75) is 41.7 Å². The van der Waals surface area contributed by atoms with E-state index in [0.717, 1.165) is 30.6 Å². The highest BCUT2D eigenvalue weighted by molar-refractivity contribution is 8.01. The molecule has 2 aliphatic carbocycles. The van der Waals surface area contributed by atoms with E-state index in [0.29, 0.717) is 5.03 Å². The van der Waals surface area contributed by atoms with Crippen molar-refractivity contribution in [2.24, 2.45) is 0 Å². The lowest BCUT2D eigenvalue weighted by molar-refractivity contribution is -0.118. The van der Waals surface area contributed by atoms with Gasteiger partial charge in [-0.1, -0.05) is 42.6 Å². The largest absolute Gasteiger partial charge is 0.291 e. The zero-order valence-electron chi connectivity index (χ0n) is 10.1. The summed E-state index contributed by atoms with van der Waals surface area (Å²) in [5, 5.41) is 0.514. The molecule has 3 rings (SSSR count). The molecule has 0 heterocycles. The van der Waals surface area contributed by atoms with E-state index in [1.165, 1.54) is 12.0 Å². The number of carbonyl (C=O) groups is 1. The van der Waals surface area contributed by atoms with E-state index >= 15 is 0 Å². The molecule has 1 saturated carbocycles. The summed E-state index contributed by atoms with van der Waals surface area (Å²) in [6.07, 6.45) is 5.43. The van der Waals surface area contributed by atoms with Crippen molar-refractivity contribution in [3.05, 3.63) is 40.9 Å². The zero-order valence-corrected chi connectivity index (χ0v) is 11.7. The fraction of sp³-hybridized carbons (Fsp3) is 0.400. The van der Waals surface area contributed by atoms with Gasteiger partial charge in [0.2, 0.25) is 0 Å². The molecule has 94 valence electrons.